The van der Waals surface area contributed by atoms with Crippen LogP contribution in [0.25, 0.3) is 0 Å². The van der Waals surface area contributed by atoms with Gasteiger partial charge in [-0.15, -0.1) is 12.4 Å². The summed E-state index contributed by atoms with van der Waals surface area (Å²) in [7, 11) is 0. The van der Waals surface area contributed by atoms with E-state index in [1.165, 1.54) is 0 Å². The molecule has 1 heterocycles. The fourth-order valence-corrected chi connectivity index (χ4v) is 2.00. The standard InChI is InChI=1S/C12H24N2O2.ClH/c1-2-11(15)5-8-14-12(16)9-10-3-6-13-7-4-10;/h10-11,13,15H,2-9H2,1H3,(H,14,16);1H. The molecule has 1 saturated heterocycles. The van der Waals surface area contributed by atoms with Crippen molar-refractivity contribution < 1.29 is 9.90 Å². The lowest BCUT2D eigenvalue weighted by atomic mass is 9.94. The van der Waals surface area contributed by atoms with Crippen LogP contribution in [0.2, 0.25) is 0 Å². The van der Waals surface area contributed by atoms with Crippen LogP contribution in [0.4, 0.5) is 0 Å². The number of carbonyl (C=O) groups is 1. The monoisotopic (exact) mass is 264 g/mol. The first-order valence-electron chi connectivity index (χ1n) is 6.37. The van der Waals surface area contributed by atoms with Gasteiger partial charge in [0, 0.05) is 13.0 Å². The average Bonchev–Trinajstić information content (AvgIpc) is 2.30. The molecule has 102 valence electrons. The molecule has 5 heteroatoms. The SMILES string of the molecule is CCC(O)CCNC(=O)CC1CCNCC1.Cl. The van der Waals surface area contributed by atoms with Gasteiger partial charge in [0.05, 0.1) is 6.10 Å². The van der Waals surface area contributed by atoms with E-state index in [-0.39, 0.29) is 24.4 Å². The molecule has 0 radical (unpaired) electrons. The van der Waals surface area contributed by atoms with Crippen LogP contribution in [-0.2, 0) is 4.79 Å². The second-order valence-electron chi connectivity index (χ2n) is 4.60. The largest absolute Gasteiger partial charge is 0.393 e. The molecule has 1 atom stereocenters. The highest BCUT2D eigenvalue weighted by Gasteiger charge is 2.16. The minimum atomic E-state index is -0.279. The Labute approximate surface area is 110 Å². The lowest BCUT2D eigenvalue weighted by Crippen LogP contribution is -2.33. The van der Waals surface area contributed by atoms with Gasteiger partial charge >= 0.3 is 0 Å². The number of nitrogens with one attached hydrogen (secondary N) is 2. The molecule has 4 nitrogen and oxygen atoms in total. The summed E-state index contributed by atoms with van der Waals surface area (Å²) in [6.07, 6.45) is 3.98. The van der Waals surface area contributed by atoms with E-state index in [0.717, 1.165) is 32.4 Å². The van der Waals surface area contributed by atoms with Gasteiger partial charge < -0.3 is 15.7 Å². The molecule has 1 fully saturated rings. The summed E-state index contributed by atoms with van der Waals surface area (Å²) in [5.41, 5.74) is 0. The molecule has 0 aromatic carbocycles. The Morgan fingerprint density at radius 3 is 2.71 bits per heavy atom. The van der Waals surface area contributed by atoms with Gasteiger partial charge in [0.15, 0.2) is 0 Å². The van der Waals surface area contributed by atoms with Gasteiger partial charge in [-0.05, 0) is 44.7 Å². The van der Waals surface area contributed by atoms with Crippen LogP contribution in [-0.4, -0.2) is 36.8 Å². The Morgan fingerprint density at radius 2 is 2.12 bits per heavy atom. The molecule has 0 aliphatic carbocycles. The predicted molar refractivity (Wildman–Crippen MR) is 71.4 cm³/mol. The molecule has 0 aromatic heterocycles. The fraction of sp³-hybridized carbons (Fsp3) is 0.917. The maximum atomic E-state index is 11.6. The molecular weight excluding hydrogens is 240 g/mol. The van der Waals surface area contributed by atoms with Crippen molar-refractivity contribution >= 4 is 18.3 Å². The summed E-state index contributed by atoms with van der Waals surface area (Å²) < 4.78 is 0. The lowest BCUT2D eigenvalue weighted by molar-refractivity contribution is -0.122. The molecule has 1 aliphatic rings. The third-order valence-corrected chi connectivity index (χ3v) is 3.20. The molecule has 1 unspecified atom stereocenters. The summed E-state index contributed by atoms with van der Waals surface area (Å²) >= 11 is 0. The van der Waals surface area contributed by atoms with Gasteiger partial charge in [-0.1, -0.05) is 6.92 Å². The molecule has 1 amide bonds. The van der Waals surface area contributed by atoms with Crippen LogP contribution in [0.5, 0.6) is 0 Å². The first kappa shape index (κ1) is 16.7. The zero-order valence-corrected chi connectivity index (χ0v) is 11.4. The molecule has 17 heavy (non-hydrogen) atoms. The number of hydrogen-bond donors (Lipinski definition) is 3. The van der Waals surface area contributed by atoms with Crippen LogP contribution in [0.3, 0.4) is 0 Å². The van der Waals surface area contributed by atoms with E-state index in [1.807, 2.05) is 6.92 Å². The van der Waals surface area contributed by atoms with E-state index in [1.54, 1.807) is 0 Å². The van der Waals surface area contributed by atoms with Crippen LogP contribution in [0.1, 0.15) is 39.0 Å². The minimum Gasteiger partial charge on any atom is -0.393 e. The molecule has 0 aromatic rings. The van der Waals surface area contributed by atoms with E-state index in [9.17, 15) is 9.90 Å². The zero-order chi connectivity index (χ0) is 11.8. The highest BCUT2D eigenvalue weighted by Crippen LogP contribution is 2.15. The van der Waals surface area contributed by atoms with Gasteiger partial charge in [-0.25, -0.2) is 0 Å². The second-order valence-corrected chi connectivity index (χ2v) is 4.60. The number of aliphatic hydroxyl groups is 1. The smallest absolute Gasteiger partial charge is 0.220 e. The number of carbonyl (C=O) groups excluding carboxylic acids is 1. The molecule has 0 saturated carbocycles. The summed E-state index contributed by atoms with van der Waals surface area (Å²) in [4.78, 5) is 11.6. The second kappa shape index (κ2) is 9.68. The third kappa shape index (κ3) is 7.58. The lowest BCUT2D eigenvalue weighted by Gasteiger charge is -2.22. The van der Waals surface area contributed by atoms with Gasteiger partial charge in [0.1, 0.15) is 0 Å². The normalized spacial score (nSPS) is 18.2. The van der Waals surface area contributed by atoms with Crippen molar-refractivity contribution in [1.82, 2.24) is 10.6 Å². The van der Waals surface area contributed by atoms with Crippen LogP contribution in [0.15, 0.2) is 0 Å². The van der Waals surface area contributed by atoms with Crippen LogP contribution < -0.4 is 10.6 Å². The Hall–Kier alpha value is -0.320. The van der Waals surface area contributed by atoms with Gasteiger partial charge in [-0.2, -0.15) is 0 Å². The molecule has 1 rings (SSSR count). The van der Waals surface area contributed by atoms with E-state index < -0.39 is 0 Å². The van der Waals surface area contributed by atoms with Crippen LogP contribution in [0, 0.1) is 5.92 Å². The molecule has 0 bridgehead atoms. The number of aliphatic hydroxyl groups excluding tert-OH is 1. The van der Waals surface area contributed by atoms with Crippen molar-refractivity contribution in [2.45, 2.75) is 45.1 Å². The summed E-state index contributed by atoms with van der Waals surface area (Å²) in [6.45, 7) is 4.61. The molecule has 3 N–H and O–H groups in total. The number of halogens is 1. The Morgan fingerprint density at radius 1 is 1.47 bits per heavy atom. The maximum absolute atomic E-state index is 11.6. The number of piperidine rings is 1. The van der Waals surface area contributed by atoms with Crippen molar-refractivity contribution in [3.63, 3.8) is 0 Å². The minimum absolute atomic E-state index is 0. The van der Waals surface area contributed by atoms with E-state index in [2.05, 4.69) is 10.6 Å². The Kier molecular flexibility index (Phi) is 9.50. The van der Waals surface area contributed by atoms with E-state index in [4.69, 9.17) is 0 Å². The first-order chi connectivity index (χ1) is 7.72. The van der Waals surface area contributed by atoms with Crippen LogP contribution >= 0.6 is 12.4 Å². The highest BCUT2D eigenvalue weighted by molar-refractivity contribution is 5.85. The van der Waals surface area contributed by atoms with Crippen molar-refractivity contribution in [2.24, 2.45) is 5.92 Å². The molecule has 1 aliphatic heterocycles. The van der Waals surface area contributed by atoms with E-state index in [0.29, 0.717) is 25.3 Å². The first-order valence-corrected chi connectivity index (χ1v) is 6.37. The Balaban J connectivity index is 0.00000256. The fourth-order valence-electron chi connectivity index (χ4n) is 2.00. The highest BCUT2D eigenvalue weighted by atomic mass is 35.5. The molecule has 0 spiro atoms. The maximum Gasteiger partial charge on any atom is 0.220 e. The summed E-state index contributed by atoms with van der Waals surface area (Å²) in [5.74, 6) is 0.674. The van der Waals surface area contributed by atoms with Gasteiger partial charge in [-0.3, -0.25) is 4.79 Å². The summed E-state index contributed by atoms with van der Waals surface area (Å²) in [5, 5.41) is 15.5. The van der Waals surface area contributed by atoms with Gasteiger partial charge in [0.2, 0.25) is 5.91 Å². The van der Waals surface area contributed by atoms with Crippen molar-refractivity contribution in [3.05, 3.63) is 0 Å². The number of rotatable bonds is 6. The number of amides is 1. The molecular formula is C12H25ClN2O2. The van der Waals surface area contributed by atoms with Crippen molar-refractivity contribution in [1.29, 1.82) is 0 Å². The predicted octanol–water partition coefficient (Wildman–Crippen LogP) is 1.08. The quantitative estimate of drug-likeness (QED) is 0.673. The van der Waals surface area contributed by atoms with E-state index >= 15 is 0 Å². The Bertz CT molecular complexity index is 209. The average molecular weight is 265 g/mol. The van der Waals surface area contributed by atoms with Gasteiger partial charge in [0.25, 0.3) is 0 Å². The van der Waals surface area contributed by atoms with Crippen molar-refractivity contribution in [2.75, 3.05) is 19.6 Å². The zero-order valence-electron chi connectivity index (χ0n) is 10.6. The summed E-state index contributed by atoms with van der Waals surface area (Å²) in [6, 6.07) is 0. The topological polar surface area (TPSA) is 61.4 Å². The van der Waals surface area contributed by atoms with Crippen molar-refractivity contribution in [3.8, 4) is 0 Å². The number of hydrogen-bond acceptors (Lipinski definition) is 3. The third-order valence-electron chi connectivity index (χ3n) is 3.20.